The maximum absolute atomic E-state index is 14.2. The van der Waals surface area contributed by atoms with Gasteiger partial charge in [0.25, 0.3) is 5.56 Å². The second-order valence-corrected chi connectivity index (χ2v) is 6.20. The van der Waals surface area contributed by atoms with Gasteiger partial charge in [0.05, 0.1) is 27.9 Å². The van der Waals surface area contributed by atoms with Crippen LogP contribution in [0.2, 0.25) is 0 Å². The molecule has 1 unspecified atom stereocenters. The van der Waals surface area contributed by atoms with Crippen LogP contribution < -0.4 is 5.56 Å². The number of para-hydroxylation sites is 2. The molecule has 3 rings (SSSR count). The van der Waals surface area contributed by atoms with E-state index in [-0.39, 0.29) is 11.2 Å². The molecule has 0 saturated carbocycles. The number of nitrogens with zero attached hydrogens (tertiary/aromatic N) is 3. The van der Waals surface area contributed by atoms with E-state index in [0.717, 1.165) is 11.8 Å². The first-order valence-corrected chi connectivity index (χ1v) is 7.82. The van der Waals surface area contributed by atoms with Crippen molar-refractivity contribution in [3.05, 3.63) is 64.7 Å². The molecule has 1 heterocycles. The lowest BCUT2D eigenvalue weighted by Crippen LogP contribution is -2.23. The van der Waals surface area contributed by atoms with Crippen molar-refractivity contribution in [3.63, 3.8) is 0 Å². The number of hydrogen-bond donors (Lipinski definition) is 0. The van der Waals surface area contributed by atoms with Crippen molar-refractivity contribution >= 4 is 22.7 Å². The summed E-state index contributed by atoms with van der Waals surface area (Å²) in [5, 5.41) is 9.33. The number of hydrogen-bond acceptors (Lipinski definition) is 4. The topological polar surface area (TPSA) is 58.7 Å². The minimum atomic E-state index is -0.516. The highest BCUT2D eigenvalue weighted by molar-refractivity contribution is 8.00. The largest absolute Gasteiger partial charge is 0.268 e. The first kappa shape index (κ1) is 15.3. The molecular formula is C17H12FN3OS. The summed E-state index contributed by atoms with van der Waals surface area (Å²) in [5.74, 6) is -0.516. The average Bonchev–Trinajstić information content (AvgIpc) is 2.56. The van der Waals surface area contributed by atoms with E-state index in [0.29, 0.717) is 16.1 Å². The molecule has 3 aromatic rings. The van der Waals surface area contributed by atoms with Gasteiger partial charge in [-0.2, -0.15) is 5.26 Å². The number of aromatic nitrogens is 2. The van der Waals surface area contributed by atoms with E-state index in [9.17, 15) is 9.18 Å². The third-order valence-electron chi connectivity index (χ3n) is 3.30. The summed E-state index contributed by atoms with van der Waals surface area (Å²) >= 11 is 1.13. The van der Waals surface area contributed by atoms with Gasteiger partial charge in [0.15, 0.2) is 5.16 Å². The molecule has 1 aromatic heterocycles. The van der Waals surface area contributed by atoms with Crippen LogP contribution in [0.3, 0.4) is 0 Å². The van der Waals surface area contributed by atoms with Crippen LogP contribution >= 0.6 is 11.8 Å². The molecule has 2 aromatic carbocycles. The number of nitriles is 1. The van der Waals surface area contributed by atoms with Gasteiger partial charge in [0, 0.05) is 0 Å². The molecule has 0 saturated heterocycles. The number of halogens is 1. The normalized spacial score (nSPS) is 12.0. The van der Waals surface area contributed by atoms with Crippen LogP contribution in [-0.2, 0) is 0 Å². The molecule has 0 aliphatic heterocycles. The van der Waals surface area contributed by atoms with E-state index in [1.807, 2.05) is 0 Å². The number of benzene rings is 2. The first-order chi connectivity index (χ1) is 11.1. The Morgan fingerprint density at radius 3 is 2.65 bits per heavy atom. The van der Waals surface area contributed by atoms with Gasteiger partial charge >= 0.3 is 0 Å². The van der Waals surface area contributed by atoms with Crippen LogP contribution in [-0.4, -0.2) is 14.8 Å². The minimum absolute atomic E-state index is 0.128. The lowest BCUT2D eigenvalue weighted by molar-refractivity contribution is 0.608. The third-order valence-corrected chi connectivity index (χ3v) is 4.25. The molecule has 0 aliphatic rings. The zero-order valence-corrected chi connectivity index (χ0v) is 13.0. The van der Waals surface area contributed by atoms with Crippen molar-refractivity contribution in [1.82, 2.24) is 9.55 Å². The third kappa shape index (κ3) is 2.83. The molecule has 0 N–H and O–H groups in total. The van der Waals surface area contributed by atoms with E-state index in [1.165, 1.54) is 16.7 Å². The minimum Gasteiger partial charge on any atom is -0.268 e. The van der Waals surface area contributed by atoms with Crippen molar-refractivity contribution in [1.29, 1.82) is 5.26 Å². The fourth-order valence-corrected chi connectivity index (χ4v) is 3.03. The Morgan fingerprint density at radius 1 is 1.22 bits per heavy atom. The highest BCUT2D eigenvalue weighted by Gasteiger charge is 2.17. The van der Waals surface area contributed by atoms with E-state index < -0.39 is 11.1 Å². The monoisotopic (exact) mass is 325 g/mol. The Hall–Kier alpha value is -2.65. The Bertz CT molecular complexity index is 977. The summed E-state index contributed by atoms with van der Waals surface area (Å²) in [5.41, 5.74) is 0.300. The van der Waals surface area contributed by atoms with E-state index in [2.05, 4.69) is 11.1 Å². The Balaban J connectivity index is 2.36. The van der Waals surface area contributed by atoms with Crippen LogP contribution in [0.1, 0.15) is 6.92 Å². The number of rotatable bonds is 3. The number of thioether (sulfide) groups is 1. The van der Waals surface area contributed by atoms with E-state index in [4.69, 9.17) is 5.26 Å². The second-order valence-electron chi connectivity index (χ2n) is 4.89. The van der Waals surface area contributed by atoms with E-state index in [1.54, 1.807) is 43.3 Å². The predicted molar refractivity (Wildman–Crippen MR) is 88.2 cm³/mol. The smallest absolute Gasteiger partial charge is 0.266 e. The molecule has 4 nitrogen and oxygen atoms in total. The van der Waals surface area contributed by atoms with Gasteiger partial charge in [0.1, 0.15) is 5.82 Å². The molecule has 0 aliphatic carbocycles. The fraction of sp³-hybridized carbons (Fsp3) is 0.118. The zero-order chi connectivity index (χ0) is 16.4. The molecule has 114 valence electrons. The standard InChI is InChI=1S/C17H12FN3OS/c1-11(10-19)23-17-20-14-8-4-2-6-12(14)16(22)21(17)15-9-5-3-7-13(15)18/h2-9,11H,1H3. The summed E-state index contributed by atoms with van der Waals surface area (Å²) in [7, 11) is 0. The molecule has 0 spiro atoms. The molecule has 0 fully saturated rings. The van der Waals surface area contributed by atoms with Crippen LogP contribution in [0.5, 0.6) is 0 Å². The summed E-state index contributed by atoms with van der Waals surface area (Å²) in [6, 6.07) is 15.0. The van der Waals surface area contributed by atoms with Crippen molar-refractivity contribution in [2.45, 2.75) is 17.3 Å². The summed E-state index contributed by atoms with van der Waals surface area (Å²) in [6.07, 6.45) is 0. The van der Waals surface area contributed by atoms with Crippen molar-refractivity contribution in [2.24, 2.45) is 0 Å². The van der Waals surface area contributed by atoms with Gasteiger partial charge in [-0.3, -0.25) is 9.36 Å². The quantitative estimate of drug-likeness (QED) is 0.546. The van der Waals surface area contributed by atoms with Gasteiger partial charge in [0.2, 0.25) is 0 Å². The zero-order valence-electron chi connectivity index (χ0n) is 12.2. The summed E-state index contributed by atoms with van der Waals surface area (Å²) in [4.78, 5) is 17.3. The molecule has 1 atom stereocenters. The van der Waals surface area contributed by atoms with Gasteiger partial charge in [-0.05, 0) is 31.2 Å². The maximum atomic E-state index is 14.2. The lowest BCUT2D eigenvalue weighted by Gasteiger charge is -2.14. The Labute approximate surface area is 136 Å². The molecule has 0 amide bonds. The van der Waals surface area contributed by atoms with E-state index >= 15 is 0 Å². The SMILES string of the molecule is CC(C#N)Sc1nc2ccccc2c(=O)n1-c1ccccc1F. The summed E-state index contributed by atoms with van der Waals surface area (Å²) < 4.78 is 15.4. The Kier molecular flexibility index (Phi) is 4.13. The lowest BCUT2D eigenvalue weighted by atomic mass is 10.2. The van der Waals surface area contributed by atoms with Crippen LogP contribution in [0.25, 0.3) is 16.6 Å². The van der Waals surface area contributed by atoms with Crippen molar-refractivity contribution in [2.75, 3.05) is 0 Å². The first-order valence-electron chi connectivity index (χ1n) is 6.95. The molecular weight excluding hydrogens is 313 g/mol. The van der Waals surface area contributed by atoms with Crippen molar-refractivity contribution < 1.29 is 4.39 Å². The van der Waals surface area contributed by atoms with Crippen LogP contribution in [0.4, 0.5) is 4.39 Å². The van der Waals surface area contributed by atoms with Gasteiger partial charge in [-0.15, -0.1) is 0 Å². The van der Waals surface area contributed by atoms with Crippen LogP contribution in [0.15, 0.2) is 58.5 Å². The molecule has 23 heavy (non-hydrogen) atoms. The van der Waals surface area contributed by atoms with Gasteiger partial charge in [-0.1, -0.05) is 36.0 Å². The number of fused-ring (bicyclic) bond motifs is 1. The Morgan fingerprint density at radius 2 is 1.91 bits per heavy atom. The second kappa shape index (κ2) is 6.23. The highest BCUT2D eigenvalue weighted by Crippen LogP contribution is 2.25. The fourth-order valence-electron chi connectivity index (χ4n) is 2.22. The molecule has 0 radical (unpaired) electrons. The average molecular weight is 325 g/mol. The molecule has 6 heteroatoms. The van der Waals surface area contributed by atoms with Gasteiger partial charge < -0.3 is 0 Å². The predicted octanol–water partition coefficient (Wildman–Crippen LogP) is 3.53. The van der Waals surface area contributed by atoms with Crippen LogP contribution in [0, 0.1) is 17.1 Å². The maximum Gasteiger partial charge on any atom is 0.266 e. The molecule has 0 bridgehead atoms. The van der Waals surface area contributed by atoms with Crippen molar-refractivity contribution in [3.8, 4) is 11.8 Å². The highest BCUT2D eigenvalue weighted by atomic mass is 32.2. The summed E-state index contributed by atoms with van der Waals surface area (Å²) in [6.45, 7) is 1.71. The van der Waals surface area contributed by atoms with Gasteiger partial charge in [-0.25, -0.2) is 9.37 Å².